The van der Waals surface area contributed by atoms with Gasteiger partial charge in [0.15, 0.2) is 0 Å². The fraction of sp³-hybridized carbons (Fsp3) is 0.933. The second kappa shape index (κ2) is 8.03. The summed E-state index contributed by atoms with van der Waals surface area (Å²) < 4.78 is 0. The summed E-state index contributed by atoms with van der Waals surface area (Å²) in [5.74, 6) is 0.720. The van der Waals surface area contributed by atoms with Crippen LogP contribution in [0.2, 0.25) is 19.1 Å². The highest BCUT2D eigenvalue weighted by Gasteiger charge is 2.38. The van der Waals surface area contributed by atoms with Gasteiger partial charge in [-0.1, -0.05) is 51.7 Å². The van der Waals surface area contributed by atoms with Crippen molar-refractivity contribution in [1.29, 1.82) is 5.26 Å². The van der Waals surface area contributed by atoms with E-state index in [4.69, 9.17) is 5.26 Å². The number of unbranched alkanes of at least 4 members (excludes halogenated alkanes) is 3. The van der Waals surface area contributed by atoms with Crippen LogP contribution in [0, 0.1) is 17.2 Å². The third-order valence-electron chi connectivity index (χ3n) is 4.25. The molecule has 0 aliphatic carbocycles. The molecule has 2 unspecified atom stereocenters. The highest BCUT2D eigenvalue weighted by atomic mass is 28.3. The highest BCUT2D eigenvalue weighted by Crippen LogP contribution is 2.24. The molecule has 1 aliphatic heterocycles. The van der Waals surface area contributed by atoms with Crippen LogP contribution in [-0.4, -0.2) is 38.4 Å². The molecule has 0 aromatic heterocycles. The lowest BCUT2D eigenvalue weighted by molar-refractivity contribution is 0.274. The third-order valence-corrected chi connectivity index (χ3v) is 7.94. The average molecular weight is 282 g/mol. The molecule has 1 rings (SSSR count). The third kappa shape index (κ3) is 5.25. The minimum Gasteiger partial charge on any atom is -0.303 e. The van der Waals surface area contributed by atoms with Crippen LogP contribution >= 0.6 is 0 Å². The Hall–Kier alpha value is -0.373. The molecule has 110 valence electrons. The maximum absolute atomic E-state index is 9.00. The molecule has 0 spiro atoms. The first-order chi connectivity index (χ1) is 9.01. The van der Waals surface area contributed by atoms with Gasteiger partial charge < -0.3 is 5.32 Å². The molecule has 2 atom stereocenters. The summed E-state index contributed by atoms with van der Waals surface area (Å²) in [6.45, 7) is 12.4. The number of hydrogen-bond acceptors (Lipinski definition) is 3. The quantitative estimate of drug-likeness (QED) is 0.548. The number of nitriles is 1. The molecule has 0 amide bonds. The molecule has 0 aromatic rings. The van der Waals surface area contributed by atoms with Crippen molar-refractivity contribution in [2.75, 3.05) is 19.6 Å². The molecule has 1 aliphatic rings. The largest absolute Gasteiger partial charge is 0.303 e. The lowest BCUT2D eigenvalue weighted by Gasteiger charge is -2.36. The van der Waals surface area contributed by atoms with Gasteiger partial charge in [-0.05, 0) is 6.92 Å². The van der Waals surface area contributed by atoms with Crippen molar-refractivity contribution in [2.24, 2.45) is 5.92 Å². The van der Waals surface area contributed by atoms with E-state index in [2.05, 4.69) is 36.3 Å². The van der Waals surface area contributed by atoms with E-state index in [1.54, 1.807) is 0 Å². The molecule has 0 bridgehead atoms. The standard InChI is InChI=1S/C15H31N3Si/c1-5-6-7-8-11-19(3,4)15-17-9-10-18(15)13-14(2)12-16/h14-15,17H,5-11,13H2,1-4H3. The van der Waals surface area contributed by atoms with Crippen molar-refractivity contribution in [1.82, 2.24) is 10.2 Å². The predicted octanol–water partition coefficient (Wildman–Crippen LogP) is 3.21. The van der Waals surface area contributed by atoms with Crippen molar-refractivity contribution >= 4 is 8.07 Å². The van der Waals surface area contributed by atoms with Gasteiger partial charge in [0, 0.05) is 25.4 Å². The van der Waals surface area contributed by atoms with E-state index in [0.29, 0.717) is 5.79 Å². The Morgan fingerprint density at radius 2 is 2.11 bits per heavy atom. The second-order valence-corrected chi connectivity index (χ2v) is 11.7. The van der Waals surface area contributed by atoms with Crippen LogP contribution in [0.15, 0.2) is 0 Å². The first-order valence-corrected chi connectivity index (χ1v) is 11.2. The van der Waals surface area contributed by atoms with Gasteiger partial charge in [-0.2, -0.15) is 5.26 Å². The SMILES string of the molecule is CCCCCC[Si](C)(C)C1NCCN1CC(C)C#N. The van der Waals surface area contributed by atoms with Gasteiger partial charge in [-0.3, -0.25) is 4.90 Å². The molecular formula is C15H31N3Si. The van der Waals surface area contributed by atoms with Crippen LogP contribution in [-0.2, 0) is 0 Å². The summed E-state index contributed by atoms with van der Waals surface area (Å²) in [5.41, 5.74) is 0. The van der Waals surface area contributed by atoms with Crippen molar-refractivity contribution in [2.45, 2.75) is 64.5 Å². The summed E-state index contributed by atoms with van der Waals surface area (Å²) in [5, 5.41) is 12.7. The van der Waals surface area contributed by atoms with Crippen molar-refractivity contribution < 1.29 is 0 Å². The molecule has 3 nitrogen and oxygen atoms in total. The van der Waals surface area contributed by atoms with Crippen molar-refractivity contribution in [3.63, 3.8) is 0 Å². The first kappa shape index (κ1) is 16.7. The van der Waals surface area contributed by atoms with E-state index < -0.39 is 8.07 Å². The molecule has 1 saturated heterocycles. The van der Waals surface area contributed by atoms with E-state index in [1.807, 2.05) is 6.92 Å². The summed E-state index contributed by atoms with van der Waals surface area (Å²) in [6, 6.07) is 3.77. The summed E-state index contributed by atoms with van der Waals surface area (Å²) in [6.07, 6.45) is 5.45. The number of nitrogens with zero attached hydrogens (tertiary/aromatic N) is 2. The zero-order valence-electron chi connectivity index (χ0n) is 13.2. The Bertz CT molecular complexity index is 298. The fourth-order valence-electron chi connectivity index (χ4n) is 3.11. The minimum atomic E-state index is -1.26. The van der Waals surface area contributed by atoms with Crippen LogP contribution in [0.25, 0.3) is 0 Å². The van der Waals surface area contributed by atoms with Crippen LogP contribution < -0.4 is 5.32 Å². The summed E-state index contributed by atoms with van der Waals surface area (Å²) in [4.78, 5) is 2.53. The number of rotatable bonds is 8. The van der Waals surface area contributed by atoms with E-state index in [-0.39, 0.29) is 5.92 Å². The lowest BCUT2D eigenvalue weighted by atomic mass is 10.2. The molecule has 1 heterocycles. The molecular weight excluding hydrogens is 250 g/mol. The lowest BCUT2D eigenvalue weighted by Crippen LogP contribution is -2.55. The highest BCUT2D eigenvalue weighted by molar-refractivity contribution is 6.78. The van der Waals surface area contributed by atoms with Crippen LogP contribution in [0.5, 0.6) is 0 Å². The monoisotopic (exact) mass is 281 g/mol. The molecule has 1 fully saturated rings. The van der Waals surface area contributed by atoms with E-state index in [0.717, 1.165) is 19.6 Å². The van der Waals surface area contributed by atoms with Crippen LogP contribution in [0.4, 0.5) is 0 Å². The van der Waals surface area contributed by atoms with Crippen molar-refractivity contribution in [3.05, 3.63) is 0 Å². The van der Waals surface area contributed by atoms with Crippen LogP contribution in [0.1, 0.15) is 39.5 Å². The smallest absolute Gasteiger partial charge is 0.0848 e. The van der Waals surface area contributed by atoms with Gasteiger partial charge >= 0.3 is 0 Å². The van der Waals surface area contributed by atoms with Gasteiger partial charge in [0.05, 0.1) is 20.1 Å². The van der Waals surface area contributed by atoms with Gasteiger partial charge in [0.2, 0.25) is 0 Å². The Kier molecular flexibility index (Phi) is 7.05. The van der Waals surface area contributed by atoms with E-state index in [1.165, 1.54) is 31.7 Å². The molecule has 0 saturated carbocycles. The Labute approximate surface area is 120 Å². The van der Waals surface area contributed by atoms with Gasteiger partial charge in [0.1, 0.15) is 0 Å². The van der Waals surface area contributed by atoms with E-state index in [9.17, 15) is 0 Å². The molecule has 19 heavy (non-hydrogen) atoms. The molecule has 4 heteroatoms. The predicted molar refractivity (Wildman–Crippen MR) is 84.6 cm³/mol. The topological polar surface area (TPSA) is 39.1 Å². The minimum absolute atomic E-state index is 0.146. The Morgan fingerprint density at radius 1 is 1.37 bits per heavy atom. The van der Waals surface area contributed by atoms with E-state index >= 15 is 0 Å². The maximum atomic E-state index is 9.00. The van der Waals surface area contributed by atoms with Gasteiger partial charge in [-0.25, -0.2) is 0 Å². The van der Waals surface area contributed by atoms with Gasteiger partial charge in [-0.15, -0.1) is 0 Å². The fourth-order valence-corrected chi connectivity index (χ4v) is 6.46. The Morgan fingerprint density at radius 3 is 2.74 bits per heavy atom. The normalized spacial score (nSPS) is 22.4. The molecule has 0 aromatic carbocycles. The first-order valence-electron chi connectivity index (χ1n) is 7.88. The van der Waals surface area contributed by atoms with Gasteiger partial charge in [0.25, 0.3) is 0 Å². The molecule has 0 radical (unpaired) electrons. The zero-order chi connectivity index (χ0) is 14.3. The average Bonchev–Trinajstić information content (AvgIpc) is 2.83. The number of nitrogens with one attached hydrogen (secondary N) is 1. The van der Waals surface area contributed by atoms with Crippen molar-refractivity contribution in [3.8, 4) is 6.07 Å². The molecule has 1 N–H and O–H groups in total. The number of hydrogen-bond donors (Lipinski definition) is 1. The Balaban J connectivity index is 2.48. The zero-order valence-corrected chi connectivity index (χ0v) is 14.2. The van der Waals surface area contributed by atoms with Crippen LogP contribution in [0.3, 0.4) is 0 Å². The summed E-state index contributed by atoms with van der Waals surface area (Å²) >= 11 is 0. The maximum Gasteiger partial charge on any atom is 0.0848 e. The second-order valence-electron chi connectivity index (χ2n) is 6.68. The summed E-state index contributed by atoms with van der Waals surface area (Å²) in [7, 11) is -1.26.